The summed E-state index contributed by atoms with van der Waals surface area (Å²) < 4.78 is 12.0. The summed E-state index contributed by atoms with van der Waals surface area (Å²) in [7, 11) is 0. The molecule has 0 atom stereocenters. The summed E-state index contributed by atoms with van der Waals surface area (Å²) in [5.41, 5.74) is 6.02. The molecule has 162 valence electrons. The topological polar surface area (TPSA) is 51.4 Å². The van der Waals surface area contributed by atoms with Gasteiger partial charge >= 0.3 is 0 Å². The zero-order valence-electron chi connectivity index (χ0n) is 18.3. The van der Waals surface area contributed by atoms with E-state index in [0.717, 1.165) is 48.8 Å². The van der Waals surface area contributed by atoms with Gasteiger partial charge in [0.25, 0.3) is 0 Å². The molecule has 5 nitrogen and oxygen atoms in total. The molecule has 5 heteroatoms. The minimum Gasteiger partial charge on any atom is -0.493 e. The Kier molecular flexibility index (Phi) is 5.99. The molecule has 4 aromatic rings. The van der Waals surface area contributed by atoms with Crippen LogP contribution < -0.4 is 4.74 Å². The first-order chi connectivity index (χ1) is 15.7. The maximum absolute atomic E-state index is 6.09. The highest BCUT2D eigenvalue weighted by molar-refractivity contribution is 5.53. The lowest BCUT2D eigenvalue weighted by atomic mass is 9.99. The number of aromatic nitrogens is 2. The highest BCUT2D eigenvalue weighted by Crippen LogP contribution is 2.26. The Balaban J connectivity index is 1.19. The van der Waals surface area contributed by atoms with Gasteiger partial charge in [-0.25, -0.2) is 4.98 Å². The van der Waals surface area contributed by atoms with E-state index in [4.69, 9.17) is 9.15 Å². The molecule has 2 aromatic carbocycles. The quantitative estimate of drug-likeness (QED) is 0.406. The van der Waals surface area contributed by atoms with Crippen molar-refractivity contribution in [3.63, 3.8) is 0 Å². The van der Waals surface area contributed by atoms with E-state index in [2.05, 4.69) is 45.2 Å². The number of fused-ring (bicyclic) bond motifs is 1. The average molecular weight is 426 g/mol. The number of pyridine rings is 1. The van der Waals surface area contributed by atoms with Crippen molar-refractivity contribution in [2.45, 2.75) is 32.9 Å². The number of nitrogens with zero attached hydrogens (tertiary/aromatic N) is 3. The van der Waals surface area contributed by atoms with Gasteiger partial charge < -0.3 is 9.15 Å². The molecule has 0 saturated carbocycles. The Morgan fingerprint density at radius 3 is 2.69 bits per heavy atom. The maximum Gasteiger partial charge on any atom is 0.226 e. The number of hydrogen-bond acceptors (Lipinski definition) is 5. The fourth-order valence-corrected chi connectivity index (χ4v) is 4.19. The van der Waals surface area contributed by atoms with E-state index in [-0.39, 0.29) is 0 Å². The van der Waals surface area contributed by atoms with Crippen LogP contribution in [-0.2, 0) is 25.9 Å². The van der Waals surface area contributed by atoms with Gasteiger partial charge in [0, 0.05) is 44.0 Å². The van der Waals surface area contributed by atoms with Crippen molar-refractivity contribution in [2.24, 2.45) is 0 Å². The molecule has 0 radical (unpaired) electrons. The molecule has 3 heterocycles. The van der Waals surface area contributed by atoms with Crippen molar-refractivity contribution >= 4 is 0 Å². The van der Waals surface area contributed by atoms with E-state index < -0.39 is 0 Å². The van der Waals surface area contributed by atoms with Gasteiger partial charge in [-0.3, -0.25) is 9.88 Å². The van der Waals surface area contributed by atoms with E-state index in [1.54, 1.807) is 0 Å². The smallest absolute Gasteiger partial charge is 0.226 e. The number of aryl methyl sites for hydroxylation is 1. The lowest BCUT2D eigenvalue weighted by Crippen LogP contribution is -2.30. The van der Waals surface area contributed by atoms with Crippen molar-refractivity contribution < 1.29 is 9.15 Å². The minimum absolute atomic E-state index is 0.571. The molecule has 0 amide bonds. The summed E-state index contributed by atoms with van der Waals surface area (Å²) in [5, 5.41) is 0. The third-order valence-corrected chi connectivity index (χ3v) is 5.95. The minimum atomic E-state index is 0.571. The SMILES string of the molecule is Cc1oc(-c2ccccc2)nc1CCOc1ccc2c(c1)CN(Cc1ccncc1)CC2. The molecule has 0 spiro atoms. The van der Waals surface area contributed by atoms with Gasteiger partial charge in [0.2, 0.25) is 5.89 Å². The van der Waals surface area contributed by atoms with Crippen LogP contribution in [0.1, 0.15) is 28.1 Å². The zero-order valence-corrected chi connectivity index (χ0v) is 18.3. The predicted molar refractivity (Wildman–Crippen MR) is 124 cm³/mol. The normalized spacial score (nSPS) is 13.7. The Bertz CT molecular complexity index is 1170. The van der Waals surface area contributed by atoms with Gasteiger partial charge in [-0.05, 0) is 66.4 Å². The van der Waals surface area contributed by atoms with Crippen LogP contribution in [0.15, 0.2) is 77.5 Å². The molecule has 5 rings (SSSR count). The van der Waals surface area contributed by atoms with Crippen molar-refractivity contribution in [1.29, 1.82) is 0 Å². The van der Waals surface area contributed by atoms with Gasteiger partial charge in [-0.2, -0.15) is 0 Å². The van der Waals surface area contributed by atoms with Crippen LogP contribution in [0, 0.1) is 6.92 Å². The first kappa shape index (κ1) is 20.5. The number of hydrogen-bond donors (Lipinski definition) is 0. The number of oxazole rings is 1. The average Bonchev–Trinajstić information content (AvgIpc) is 3.20. The Hall–Kier alpha value is -3.44. The Morgan fingerprint density at radius 1 is 1.00 bits per heavy atom. The predicted octanol–water partition coefficient (Wildman–Crippen LogP) is 5.22. The fourth-order valence-electron chi connectivity index (χ4n) is 4.19. The maximum atomic E-state index is 6.09. The molecule has 0 bridgehead atoms. The molecule has 32 heavy (non-hydrogen) atoms. The molecule has 0 saturated heterocycles. The molecular formula is C27H27N3O2. The van der Waals surface area contributed by atoms with Crippen molar-refractivity contribution in [3.8, 4) is 17.2 Å². The van der Waals surface area contributed by atoms with Gasteiger partial charge in [-0.1, -0.05) is 24.3 Å². The van der Waals surface area contributed by atoms with Crippen molar-refractivity contribution in [1.82, 2.24) is 14.9 Å². The van der Waals surface area contributed by atoms with Gasteiger partial charge in [-0.15, -0.1) is 0 Å². The Morgan fingerprint density at radius 2 is 1.84 bits per heavy atom. The van der Waals surface area contributed by atoms with E-state index in [0.29, 0.717) is 18.9 Å². The van der Waals surface area contributed by atoms with Crippen LogP contribution in [0.3, 0.4) is 0 Å². The highest BCUT2D eigenvalue weighted by atomic mass is 16.5. The first-order valence-electron chi connectivity index (χ1n) is 11.1. The Labute approximate surface area is 188 Å². The summed E-state index contributed by atoms with van der Waals surface area (Å²) in [5.74, 6) is 2.43. The van der Waals surface area contributed by atoms with Crippen LogP contribution in [0.4, 0.5) is 0 Å². The van der Waals surface area contributed by atoms with Crippen LogP contribution in [0.25, 0.3) is 11.5 Å². The molecule has 0 N–H and O–H groups in total. The van der Waals surface area contributed by atoms with Crippen LogP contribution in [-0.4, -0.2) is 28.0 Å². The summed E-state index contributed by atoms with van der Waals surface area (Å²) >= 11 is 0. The lowest BCUT2D eigenvalue weighted by Gasteiger charge is -2.29. The second kappa shape index (κ2) is 9.37. The van der Waals surface area contributed by atoms with Crippen molar-refractivity contribution in [2.75, 3.05) is 13.2 Å². The van der Waals surface area contributed by atoms with Gasteiger partial charge in [0.15, 0.2) is 0 Å². The van der Waals surface area contributed by atoms with E-state index >= 15 is 0 Å². The second-order valence-corrected chi connectivity index (χ2v) is 8.23. The van der Waals surface area contributed by atoms with Gasteiger partial charge in [0.05, 0.1) is 12.3 Å². The van der Waals surface area contributed by atoms with Crippen LogP contribution >= 0.6 is 0 Å². The summed E-state index contributed by atoms with van der Waals surface area (Å²) in [6, 6.07) is 20.7. The molecule has 0 fully saturated rings. The largest absolute Gasteiger partial charge is 0.493 e. The highest BCUT2D eigenvalue weighted by Gasteiger charge is 2.17. The standard InChI is InChI=1S/C27H27N3O2/c1-20-26(29-27(32-20)23-5-3-2-4-6-23)12-16-31-25-8-7-22-11-15-30(19-24(22)17-25)18-21-9-13-28-14-10-21/h2-10,13-14,17H,11-12,15-16,18-19H2,1H3. The van der Waals surface area contributed by atoms with E-state index in [1.165, 1.54) is 16.7 Å². The third-order valence-electron chi connectivity index (χ3n) is 5.95. The molecule has 0 aliphatic carbocycles. The molecule has 1 aliphatic heterocycles. The first-order valence-corrected chi connectivity index (χ1v) is 11.1. The number of rotatable bonds is 7. The molecule has 2 aromatic heterocycles. The zero-order chi connectivity index (χ0) is 21.8. The van der Waals surface area contributed by atoms with Crippen molar-refractivity contribution in [3.05, 3.63) is 101 Å². The fraction of sp³-hybridized carbons (Fsp3) is 0.259. The van der Waals surface area contributed by atoms with Crippen LogP contribution in [0.2, 0.25) is 0 Å². The summed E-state index contributed by atoms with van der Waals surface area (Å²) in [6.45, 7) is 5.50. The summed E-state index contributed by atoms with van der Waals surface area (Å²) in [4.78, 5) is 11.3. The lowest BCUT2D eigenvalue weighted by molar-refractivity contribution is 0.244. The second-order valence-electron chi connectivity index (χ2n) is 8.23. The monoisotopic (exact) mass is 425 g/mol. The van der Waals surface area contributed by atoms with E-state index in [1.807, 2.05) is 49.6 Å². The molecule has 0 unspecified atom stereocenters. The summed E-state index contributed by atoms with van der Waals surface area (Å²) in [6.07, 6.45) is 5.51. The number of benzene rings is 2. The van der Waals surface area contributed by atoms with E-state index in [9.17, 15) is 0 Å². The molecular weight excluding hydrogens is 398 g/mol. The third kappa shape index (κ3) is 4.73. The number of ether oxygens (including phenoxy) is 1. The van der Waals surface area contributed by atoms with Gasteiger partial charge in [0.1, 0.15) is 11.5 Å². The molecule has 1 aliphatic rings. The van der Waals surface area contributed by atoms with Crippen LogP contribution in [0.5, 0.6) is 5.75 Å².